The number of piperidine rings is 1. The van der Waals surface area contributed by atoms with E-state index in [-0.39, 0.29) is 22.3 Å². The number of nitrogens with zero attached hydrogens (tertiary/aromatic N) is 3. The van der Waals surface area contributed by atoms with Crippen molar-refractivity contribution < 1.29 is 8.95 Å². The van der Waals surface area contributed by atoms with Crippen LogP contribution < -0.4 is 15.4 Å². The quantitative estimate of drug-likeness (QED) is 0.580. The van der Waals surface area contributed by atoms with E-state index in [1.54, 1.807) is 12.3 Å². The number of halogens is 1. The molecule has 1 spiro atoms. The first-order valence-electron chi connectivity index (χ1n) is 11.2. The highest BCUT2D eigenvalue weighted by atomic mass is 35.5. The van der Waals surface area contributed by atoms with E-state index < -0.39 is 11.0 Å². The molecule has 3 heterocycles. The van der Waals surface area contributed by atoms with Gasteiger partial charge in [0, 0.05) is 23.4 Å². The standard InChI is InChI=1S/C23H32ClN5O2S2/c1-15-21(28-33(30)22(2,3)4)23(14-31-15)8-10-29(11-9-23)18-12-27-19(13-26-18)32-17-7-5-6-16(25)20(17)24/h5-7,12-13,15,21,28H,8-11,14,25H2,1-4H3/t15-,21+,33-/m0/s1. The molecule has 4 rings (SSSR count). The van der Waals surface area contributed by atoms with Crippen molar-refractivity contribution in [3.8, 4) is 0 Å². The lowest BCUT2D eigenvalue weighted by atomic mass is 9.73. The Kier molecular flexibility index (Phi) is 7.27. The number of nitrogen functional groups attached to an aromatic ring is 1. The number of hydrogen-bond donors (Lipinski definition) is 2. The fourth-order valence-electron chi connectivity index (χ4n) is 4.38. The number of nitrogens with two attached hydrogens (primary N) is 1. The average molecular weight is 510 g/mol. The maximum Gasteiger partial charge on any atom is 0.147 e. The third kappa shape index (κ3) is 5.32. The number of benzene rings is 1. The lowest BCUT2D eigenvalue weighted by Gasteiger charge is -2.43. The fourth-order valence-corrected chi connectivity index (χ4v) is 6.43. The Morgan fingerprint density at radius 2 is 2.00 bits per heavy atom. The summed E-state index contributed by atoms with van der Waals surface area (Å²) in [6.07, 6.45) is 5.54. The second kappa shape index (κ2) is 9.70. The number of ether oxygens (including phenoxy) is 1. The summed E-state index contributed by atoms with van der Waals surface area (Å²) in [6.45, 7) is 10.5. The minimum absolute atomic E-state index is 0.00988. The molecule has 2 saturated heterocycles. The van der Waals surface area contributed by atoms with Crippen molar-refractivity contribution >= 4 is 45.9 Å². The summed E-state index contributed by atoms with van der Waals surface area (Å²) in [7, 11) is -1.13. The van der Waals surface area contributed by atoms with Crippen molar-refractivity contribution in [3.05, 3.63) is 35.6 Å². The first-order valence-corrected chi connectivity index (χ1v) is 13.5. The zero-order valence-electron chi connectivity index (χ0n) is 19.5. The van der Waals surface area contributed by atoms with Crippen molar-refractivity contribution in [1.29, 1.82) is 0 Å². The molecule has 3 atom stereocenters. The fraction of sp³-hybridized carbons (Fsp3) is 0.565. The Morgan fingerprint density at radius 1 is 1.27 bits per heavy atom. The molecule has 7 nitrogen and oxygen atoms in total. The first-order chi connectivity index (χ1) is 15.6. The summed E-state index contributed by atoms with van der Waals surface area (Å²) in [5.74, 6) is 0.864. The third-order valence-electron chi connectivity index (χ3n) is 6.46. The van der Waals surface area contributed by atoms with Crippen LogP contribution in [0.2, 0.25) is 5.02 Å². The second-order valence-electron chi connectivity index (χ2n) is 9.82. The number of nitrogens with one attached hydrogen (secondary N) is 1. The van der Waals surface area contributed by atoms with E-state index in [2.05, 4.69) is 26.5 Å². The molecular formula is C23H32ClN5O2S2. The van der Waals surface area contributed by atoms with Crippen molar-refractivity contribution in [1.82, 2.24) is 14.7 Å². The summed E-state index contributed by atoms with van der Waals surface area (Å²) in [4.78, 5) is 12.4. The number of anilines is 2. The number of aromatic nitrogens is 2. The summed E-state index contributed by atoms with van der Waals surface area (Å²) in [5.41, 5.74) is 6.44. The highest BCUT2D eigenvalue weighted by molar-refractivity contribution is 7.99. The van der Waals surface area contributed by atoms with E-state index in [0.717, 1.165) is 41.7 Å². The highest BCUT2D eigenvalue weighted by Gasteiger charge is 2.50. The largest absolute Gasteiger partial charge is 0.397 e. The molecule has 1 aromatic carbocycles. The van der Waals surface area contributed by atoms with Gasteiger partial charge in [0.2, 0.25) is 0 Å². The Morgan fingerprint density at radius 3 is 2.64 bits per heavy atom. The summed E-state index contributed by atoms with van der Waals surface area (Å²) in [5, 5.41) is 1.31. The van der Waals surface area contributed by atoms with Crippen LogP contribution in [-0.4, -0.2) is 50.8 Å². The van der Waals surface area contributed by atoms with Crippen molar-refractivity contribution in [3.63, 3.8) is 0 Å². The van der Waals surface area contributed by atoms with E-state index >= 15 is 0 Å². The molecule has 0 unspecified atom stereocenters. The van der Waals surface area contributed by atoms with Gasteiger partial charge in [0.25, 0.3) is 0 Å². The van der Waals surface area contributed by atoms with Gasteiger partial charge in [0.05, 0.1) is 57.6 Å². The predicted molar refractivity (Wildman–Crippen MR) is 136 cm³/mol. The molecule has 33 heavy (non-hydrogen) atoms. The molecule has 0 radical (unpaired) electrons. The second-order valence-corrected chi connectivity index (χ2v) is 13.3. The normalized spacial score (nSPS) is 23.7. The minimum Gasteiger partial charge on any atom is -0.397 e. The van der Waals surface area contributed by atoms with Gasteiger partial charge in [-0.1, -0.05) is 29.4 Å². The molecule has 2 aromatic rings. The van der Waals surface area contributed by atoms with Gasteiger partial charge >= 0.3 is 0 Å². The lowest BCUT2D eigenvalue weighted by molar-refractivity contribution is 0.0973. The van der Waals surface area contributed by atoms with Gasteiger partial charge in [-0.3, -0.25) is 0 Å². The minimum atomic E-state index is -1.13. The van der Waals surface area contributed by atoms with Crippen molar-refractivity contribution in [2.45, 2.75) is 67.4 Å². The molecule has 0 bridgehead atoms. The highest BCUT2D eigenvalue weighted by Crippen LogP contribution is 2.43. The summed E-state index contributed by atoms with van der Waals surface area (Å²) >= 11 is 7.75. The molecule has 10 heteroatoms. The Bertz CT molecular complexity index is 1010. The topological polar surface area (TPSA) is 93.4 Å². The van der Waals surface area contributed by atoms with Crippen molar-refractivity contribution in [2.75, 3.05) is 30.3 Å². The van der Waals surface area contributed by atoms with Gasteiger partial charge in [0.1, 0.15) is 10.8 Å². The van der Waals surface area contributed by atoms with Crippen LogP contribution >= 0.6 is 23.4 Å². The van der Waals surface area contributed by atoms with Crippen LogP contribution in [0.15, 0.2) is 40.5 Å². The van der Waals surface area contributed by atoms with E-state index in [4.69, 9.17) is 22.1 Å². The Labute approximate surface area is 207 Å². The lowest BCUT2D eigenvalue weighted by Crippen LogP contribution is -2.55. The smallest absolute Gasteiger partial charge is 0.147 e. The van der Waals surface area contributed by atoms with Crippen LogP contribution in [0, 0.1) is 5.41 Å². The van der Waals surface area contributed by atoms with Crippen LogP contribution in [0.5, 0.6) is 0 Å². The molecule has 1 aromatic heterocycles. The maximum absolute atomic E-state index is 12.8. The SMILES string of the molecule is C[C@@H]1OCC2(CCN(c3cnc(Sc4cccc(N)c4Cl)cn3)CC2)[C@@H]1N[S@@](=O)C(C)(C)C. The first kappa shape index (κ1) is 24.7. The van der Waals surface area contributed by atoms with E-state index in [0.29, 0.717) is 17.3 Å². The molecule has 0 saturated carbocycles. The molecule has 2 aliphatic rings. The number of rotatable bonds is 5. The van der Waals surface area contributed by atoms with Gasteiger partial charge in [-0.15, -0.1) is 0 Å². The molecule has 3 N–H and O–H groups in total. The van der Waals surface area contributed by atoms with Crippen molar-refractivity contribution in [2.24, 2.45) is 5.41 Å². The van der Waals surface area contributed by atoms with Gasteiger partial charge in [0.15, 0.2) is 0 Å². The summed E-state index contributed by atoms with van der Waals surface area (Å²) < 4.78 is 21.9. The van der Waals surface area contributed by atoms with E-state index in [9.17, 15) is 4.21 Å². The molecule has 180 valence electrons. The maximum atomic E-state index is 12.8. The number of hydrogen-bond acceptors (Lipinski definition) is 7. The van der Waals surface area contributed by atoms with Crippen LogP contribution in [0.4, 0.5) is 11.5 Å². The molecule has 0 aliphatic carbocycles. The average Bonchev–Trinajstić information content (AvgIpc) is 3.07. The van der Waals surface area contributed by atoms with Crippen LogP contribution in [-0.2, 0) is 15.7 Å². The monoisotopic (exact) mass is 509 g/mol. The molecule has 2 aliphatic heterocycles. The van der Waals surface area contributed by atoms with Gasteiger partial charge in [-0.25, -0.2) is 18.9 Å². The molecule has 0 amide bonds. The molecule has 2 fully saturated rings. The van der Waals surface area contributed by atoms with Crippen LogP contribution in [0.25, 0.3) is 0 Å². The van der Waals surface area contributed by atoms with E-state index in [1.165, 1.54) is 11.8 Å². The van der Waals surface area contributed by atoms with Gasteiger partial charge in [-0.05, 0) is 52.7 Å². The zero-order chi connectivity index (χ0) is 23.8. The van der Waals surface area contributed by atoms with Crippen LogP contribution in [0.1, 0.15) is 40.5 Å². The zero-order valence-corrected chi connectivity index (χ0v) is 21.9. The van der Waals surface area contributed by atoms with Gasteiger partial charge in [-0.2, -0.15) is 0 Å². The van der Waals surface area contributed by atoms with Crippen LogP contribution in [0.3, 0.4) is 0 Å². The third-order valence-corrected chi connectivity index (χ3v) is 9.55. The predicted octanol–water partition coefficient (Wildman–Crippen LogP) is 4.29. The van der Waals surface area contributed by atoms with E-state index in [1.807, 2.05) is 39.1 Å². The Hall–Kier alpha value is -1.39. The Balaban J connectivity index is 1.40. The summed E-state index contributed by atoms with van der Waals surface area (Å²) in [6, 6.07) is 5.65. The van der Waals surface area contributed by atoms with Gasteiger partial charge < -0.3 is 15.4 Å². The molecular weight excluding hydrogens is 478 g/mol.